The van der Waals surface area contributed by atoms with Crippen molar-refractivity contribution in [2.45, 2.75) is 20.8 Å². The number of thiazole rings is 1. The monoisotopic (exact) mass is 402 g/mol. The Bertz CT molecular complexity index is 1100. The number of rotatable bonds is 6. The first-order valence-corrected chi connectivity index (χ1v) is 9.41. The van der Waals surface area contributed by atoms with Crippen molar-refractivity contribution in [3.05, 3.63) is 50.8 Å². The molecule has 2 heterocycles. The van der Waals surface area contributed by atoms with Gasteiger partial charge in [-0.1, -0.05) is 11.3 Å². The van der Waals surface area contributed by atoms with Gasteiger partial charge in [-0.2, -0.15) is 0 Å². The van der Waals surface area contributed by atoms with E-state index in [0.717, 1.165) is 17.4 Å². The third-order valence-electron chi connectivity index (χ3n) is 3.75. The molecule has 0 radical (unpaired) electrons. The number of carbonyl (C=O) groups excluding carboxylic acids is 2. The minimum Gasteiger partial charge on any atom is -0.494 e. The fraction of sp³-hybridized carbons (Fsp3) is 0.263. The molecule has 8 nitrogen and oxygen atoms in total. The van der Waals surface area contributed by atoms with Gasteiger partial charge in [0.1, 0.15) is 16.2 Å². The summed E-state index contributed by atoms with van der Waals surface area (Å²) in [5.74, 6) is -0.496. The van der Waals surface area contributed by atoms with E-state index in [-0.39, 0.29) is 22.9 Å². The number of ether oxygens (including phenoxy) is 2. The van der Waals surface area contributed by atoms with Gasteiger partial charge in [0, 0.05) is 17.5 Å². The molecular weight excluding hydrogens is 384 g/mol. The number of aromatic nitrogens is 1. The zero-order valence-corrected chi connectivity index (χ0v) is 16.3. The molecular formula is C19H18N2O6S. The third kappa shape index (κ3) is 4.04. The molecule has 1 N–H and O–H groups in total. The molecule has 0 aliphatic carbocycles. The molecule has 3 aromatic rings. The normalized spacial score (nSPS) is 10.7. The van der Waals surface area contributed by atoms with Crippen LogP contribution in [0.3, 0.4) is 0 Å². The Kier molecular flexibility index (Phi) is 5.74. The van der Waals surface area contributed by atoms with Crippen molar-refractivity contribution >= 4 is 39.3 Å². The van der Waals surface area contributed by atoms with E-state index in [4.69, 9.17) is 13.9 Å². The highest BCUT2D eigenvalue weighted by molar-refractivity contribution is 7.17. The predicted octanol–water partition coefficient (Wildman–Crippen LogP) is 3.39. The Labute approximate surface area is 164 Å². The topological polar surface area (TPSA) is 108 Å². The van der Waals surface area contributed by atoms with Gasteiger partial charge in [-0.25, -0.2) is 14.6 Å². The van der Waals surface area contributed by atoms with Crippen LogP contribution in [0.25, 0.3) is 11.0 Å². The van der Waals surface area contributed by atoms with Crippen LogP contribution in [0.4, 0.5) is 5.13 Å². The van der Waals surface area contributed by atoms with E-state index >= 15 is 0 Å². The number of hydrogen-bond donors (Lipinski definition) is 1. The second-order valence-corrected chi connectivity index (χ2v) is 6.68. The summed E-state index contributed by atoms with van der Waals surface area (Å²) in [4.78, 5) is 41.0. The molecule has 3 rings (SSSR count). The van der Waals surface area contributed by atoms with Gasteiger partial charge in [0.2, 0.25) is 0 Å². The maximum absolute atomic E-state index is 12.7. The molecule has 0 atom stereocenters. The minimum absolute atomic E-state index is 0.139. The van der Waals surface area contributed by atoms with E-state index in [1.54, 1.807) is 32.0 Å². The van der Waals surface area contributed by atoms with E-state index in [1.807, 2.05) is 6.92 Å². The Morgan fingerprint density at radius 1 is 1.21 bits per heavy atom. The molecule has 0 saturated heterocycles. The van der Waals surface area contributed by atoms with Crippen LogP contribution in [-0.2, 0) is 4.74 Å². The van der Waals surface area contributed by atoms with Gasteiger partial charge in [0.15, 0.2) is 5.13 Å². The first-order chi connectivity index (χ1) is 13.4. The summed E-state index contributed by atoms with van der Waals surface area (Å²) in [5, 5.41) is 3.32. The van der Waals surface area contributed by atoms with Crippen LogP contribution in [0, 0.1) is 6.92 Å². The Morgan fingerprint density at radius 3 is 2.71 bits per heavy atom. The predicted molar refractivity (Wildman–Crippen MR) is 104 cm³/mol. The maximum Gasteiger partial charge on any atom is 0.350 e. The lowest BCUT2D eigenvalue weighted by atomic mass is 10.1. The highest BCUT2D eigenvalue weighted by Gasteiger charge is 2.20. The second kappa shape index (κ2) is 8.22. The molecule has 1 amide bonds. The van der Waals surface area contributed by atoms with Crippen molar-refractivity contribution in [2.75, 3.05) is 18.5 Å². The first-order valence-electron chi connectivity index (χ1n) is 8.59. The summed E-state index contributed by atoms with van der Waals surface area (Å²) in [7, 11) is 0. The quantitative estimate of drug-likeness (QED) is 0.497. The molecule has 0 spiro atoms. The van der Waals surface area contributed by atoms with Crippen molar-refractivity contribution in [3.8, 4) is 5.75 Å². The summed E-state index contributed by atoms with van der Waals surface area (Å²) in [6, 6.07) is 6.01. The van der Waals surface area contributed by atoms with Crippen LogP contribution in [-0.4, -0.2) is 30.1 Å². The summed E-state index contributed by atoms with van der Waals surface area (Å²) in [6.07, 6.45) is 0. The van der Waals surface area contributed by atoms with Crippen LogP contribution >= 0.6 is 11.3 Å². The molecule has 9 heteroatoms. The lowest BCUT2D eigenvalue weighted by Crippen LogP contribution is -2.15. The van der Waals surface area contributed by atoms with Crippen molar-refractivity contribution in [1.29, 1.82) is 0 Å². The lowest BCUT2D eigenvalue weighted by Gasteiger charge is -2.07. The highest BCUT2D eigenvalue weighted by Crippen LogP contribution is 2.26. The Balaban J connectivity index is 1.93. The summed E-state index contributed by atoms with van der Waals surface area (Å²) < 4.78 is 15.5. The number of benzene rings is 1. The van der Waals surface area contributed by atoms with Crippen LogP contribution in [0.2, 0.25) is 0 Å². The molecule has 2 aromatic heterocycles. The van der Waals surface area contributed by atoms with Gasteiger partial charge in [0.25, 0.3) is 5.91 Å². The highest BCUT2D eigenvalue weighted by atomic mass is 32.1. The van der Waals surface area contributed by atoms with Gasteiger partial charge < -0.3 is 13.9 Å². The summed E-state index contributed by atoms with van der Waals surface area (Å²) in [6.45, 7) is 5.90. The Morgan fingerprint density at radius 2 is 2.00 bits per heavy atom. The third-order valence-corrected chi connectivity index (χ3v) is 4.80. The molecule has 0 aliphatic heterocycles. The first kappa shape index (κ1) is 19.6. The lowest BCUT2D eigenvalue weighted by molar-refractivity contribution is 0.0531. The zero-order valence-electron chi connectivity index (χ0n) is 15.5. The van der Waals surface area contributed by atoms with E-state index in [0.29, 0.717) is 28.3 Å². The number of hydrogen-bond acceptors (Lipinski definition) is 8. The Hall–Kier alpha value is -3.20. The fourth-order valence-corrected chi connectivity index (χ4v) is 3.44. The molecule has 0 aliphatic rings. The minimum atomic E-state index is -0.658. The maximum atomic E-state index is 12.7. The standard InChI is InChI=1S/C19H18N2O6S/c1-4-25-11-6-7-12-13(9-15(22)27-14(12)8-11)17(23)21-19-20-10(3)16(28-19)18(24)26-5-2/h6-9H,4-5H2,1-3H3,(H,20,21,23). The van der Waals surface area contributed by atoms with Gasteiger partial charge >= 0.3 is 11.6 Å². The molecule has 1 aromatic carbocycles. The molecule has 0 saturated carbocycles. The molecule has 28 heavy (non-hydrogen) atoms. The molecule has 0 unspecified atom stereocenters. The van der Waals surface area contributed by atoms with Crippen molar-refractivity contribution in [3.63, 3.8) is 0 Å². The number of fused-ring (bicyclic) bond motifs is 1. The van der Waals surface area contributed by atoms with E-state index in [1.165, 1.54) is 0 Å². The van der Waals surface area contributed by atoms with Crippen LogP contribution in [0.5, 0.6) is 5.75 Å². The van der Waals surface area contributed by atoms with Gasteiger partial charge in [-0.05, 0) is 32.9 Å². The van der Waals surface area contributed by atoms with E-state index in [2.05, 4.69) is 10.3 Å². The second-order valence-electron chi connectivity index (χ2n) is 5.68. The number of nitrogens with zero attached hydrogens (tertiary/aromatic N) is 1. The average Bonchev–Trinajstić information content (AvgIpc) is 3.01. The van der Waals surface area contributed by atoms with Crippen LogP contribution in [0.1, 0.15) is 39.6 Å². The van der Waals surface area contributed by atoms with Crippen molar-refractivity contribution in [1.82, 2.24) is 4.98 Å². The number of anilines is 1. The number of esters is 1. The number of nitrogens with one attached hydrogen (secondary N) is 1. The van der Waals surface area contributed by atoms with Crippen molar-refractivity contribution < 1.29 is 23.5 Å². The van der Waals surface area contributed by atoms with E-state index in [9.17, 15) is 14.4 Å². The van der Waals surface area contributed by atoms with Crippen molar-refractivity contribution in [2.24, 2.45) is 0 Å². The largest absolute Gasteiger partial charge is 0.494 e. The fourth-order valence-electron chi connectivity index (χ4n) is 2.59. The summed E-state index contributed by atoms with van der Waals surface area (Å²) >= 11 is 1.01. The summed E-state index contributed by atoms with van der Waals surface area (Å²) in [5.41, 5.74) is 0.178. The smallest absolute Gasteiger partial charge is 0.350 e. The van der Waals surface area contributed by atoms with Gasteiger partial charge in [0.05, 0.1) is 24.5 Å². The number of carbonyl (C=O) groups is 2. The number of amides is 1. The molecule has 0 fully saturated rings. The average molecular weight is 402 g/mol. The van der Waals surface area contributed by atoms with Crippen LogP contribution in [0.15, 0.2) is 33.5 Å². The van der Waals surface area contributed by atoms with Crippen LogP contribution < -0.4 is 15.7 Å². The molecule has 0 bridgehead atoms. The SMILES string of the molecule is CCOC(=O)c1sc(NC(=O)c2cc(=O)oc3cc(OCC)ccc23)nc1C. The molecule has 146 valence electrons. The zero-order chi connectivity index (χ0) is 20.3. The number of aryl methyl sites for hydroxylation is 1. The van der Waals surface area contributed by atoms with E-state index < -0.39 is 17.5 Å². The van der Waals surface area contributed by atoms with Gasteiger partial charge in [-0.3, -0.25) is 10.1 Å². The van der Waals surface area contributed by atoms with Gasteiger partial charge in [-0.15, -0.1) is 0 Å².